The number of aliphatic hydroxyl groups is 1. The molecule has 238 valence electrons. The van der Waals surface area contributed by atoms with Crippen molar-refractivity contribution in [3.8, 4) is 47.1 Å². The molecule has 0 bridgehead atoms. The summed E-state index contributed by atoms with van der Waals surface area (Å²) in [5.74, 6) is 4.61. The summed E-state index contributed by atoms with van der Waals surface area (Å²) in [4.78, 5) is 19.2. The number of phenols is 1. The van der Waals surface area contributed by atoms with Gasteiger partial charge in [-0.25, -0.2) is 8.78 Å². The maximum atomic E-state index is 16.8. The first-order valence-electron chi connectivity index (χ1n) is 15.4. The van der Waals surface area contributed by atoms with Crippen LogP contribution in [0.2, 0.25) is 0 Å². The van der Waals surface area contributed by atoms with Crippen LogP contribution in [0.3, 0.4) is 0 Å². The van der Waals surface area contributed by atoms with E-state index in [1.165, 1.54) is 23.2 Å². The quantitative estimate of drug-likeness (QED) is 0.237. The van der Waals surface area contributed by atoms with Gasteiger partial charge in [-0.05, 0) is 43.0 Å². The maximum Gasteiger partial charge on any atom is 0.319 e. The van der Waals surface area contributed by atoms with E-state index in [1.807, 2.05) is 4.90 Å². The number of halogens is 2. The standard InChI is InChI=1S/C34H30F2N8O3/c35-23-14-34(7-3-9-44(34)16-23)19-47-33-40-31-27(32(41-33)42-10-11-43(20-38)24(17-42)18-45)15-39-30(29(31)36)26-13-25(46)12-22-5-1-4-21(28(22)26)6-2-8-37/h1,4-5,12-13,15,23-24,45-46H,3,7,9-11,14,16-19H2/t23?,24-,34?/m1/s1. The molecule has 3 aliphatic rings. The summed E-state index contributed by atoms with van der Waals surface area (Å²) in [6.45, 7) is 1.91. The van der Waals surface area contributed by atoms with Gasteiger partial charge < -0.3 is 24.7 Å². The molecule has 2 aromatic carbocycles. The Labute approximate surface area is 269 Å². The van der Waals surface area contributed by atoms with Crippen LogP contribution in [0.25, 0.3) is 32.9 Å². The summed E-state index contributed by atoms with van der Waals surface area (Å²) < 4.78 is 37.5. The molecular weight excluding hydrogens is 606 g/mol. The van der Waals surface area contributed by atoms with Gasteiger partial charge in [0, 0.05) is 61.2 Å². The number of benzene rings is 2. The van der Waals surface area contributed by atoms with Gasteiger partial charge in [0.25, 0.3) is 0 Å². The Hall–Kier alpha value is -5.29. The van der Waals surface area contributed by atoms with Crippen LogP contribution in [0.1, 0.15) is 24.8 Å². The van der Waals surface area contributed by atoms with E-state index >= 15 is 4.39 Å². The lowest BCUT2D eigenvalue weighted by atomic mass is 9.95. The Morgan fingerprint density at radius 2 is 2.00 bits per heavy atom. The number of pyridine rings is 1. The van der Waals surface area contributed by atoms with Gasteiger partial charge in [-0.2, -0.15) is 20.5 Å². The number of alkyl halides is 1. The molecule has 2 unspecified atom stereocenters. The third kappa shape index (κ3) is 5.36. The molecule has 11 nitrogen and oxygen atoms in total. The minimum atomic E-state index is -0.954. The number of ether oxygens (including phenoxy) is 1. The highest BCUT2D eigenvalue weighted by Crippen LogP contribution is 2.41. The van der Waals surface area contributed by atoms with Crippen molar-refractivity contribution in [3.05, 3.63) is 47.9 Å². The zero-order valence-electron chi connectivity index (χ0n) is 25.3. The van der Waals surface area contributed by atoms with Gasteiger partial charge >= 0.3 is 6.01 Å². The second kappa shape index (κ2) is 12.1. The lowest BCUT2D eigenvalue weighted by Gasteiger charge is -2.38. The van der Waals surface area contributed by atoms with E-state index in [2.05, 4.69) is 32.9 Å². The van der Waals surface area contributed by atoms with Crippen molar-refractivity contribution in [3.63, 3.8) is 0 Å². The molecule has 0 saturated carbocycles. The number of hydrogen-bond donors (Lipinski definition) is 2. The molecule has 0 amide bonds. The van der Waals surface area contributed by atoms with Gasteiger partial charge in [0.1, 0.15) is 35.6 Å². The predicted octanol–water partition coefficient (Wildman–Crippen LogP) is 3.48. The van der Waals surface area contributed by atoms with Crippen LogP contribution in [0.5, 0.6) is 11.8 Å². The first kappa shape index (κ1) is 30.4. The largest absolute Gasteiger partial charge is 0.508 e. The van der Waals surface area contributed by atoms with Crippen molar-refractivity contribution in [2.75, 3.05) is 50.8 Å². The van der Waals surface area contributed by atoms with Crippen molar-refractivity contribution < 1.29 is 23.7 Å². The maximum absolute atomic E-state index is 16.8. The van der Waals surface area contributed by atoms with Crippen molar-refractivity contribution in [1.82, 2.24) is 24.8 Å². The summed E-state index contributed by atoms with van der Waals surface area (Å²) in [5.41, 5.74) is 0.0570. The average Bonchev–Trinajstić information content (AvgIpc) is 3.61. The number of phenolic OH excluding ortho intramolecular Hbond substituents is 1. The number of nitrogens with zero attached hydrogens (tertiary/aromatic N) is 8. The lowest BCUT2D eigenvalue weighted by molar-refractivity contribution is 0.107. The molecule has 3 atom stereocenters. The van der Waals surface area contributed by atoms with Crippen LogP contribution in [0.4, 0.5) is 14.6 Å². The highest BCUT2D eigenvalue weighted by Gasteiger charge is 2.49. The molecule has 0 spiro atoms. The second-order valence-corrected chi connectivity index (χ2v) is 12.2. The summed E-state index contributed by atoms with van der Waals surface area (Å²) >= 11 is 0. The number of rotatable bonds is 6. The SMILES string of the molecule is N#CC#Cc1cccc2cc(O)cc(-c3ncc4c(N5CCN(C#N)[C@@H](CO)C5)nc(OCC56CCCN5CC(F)C6)nc4c3F)c12. The summed E-state index contributed by atoms with van der Waals surface area (Å²) in [5, 5.41) is 40.6. The molecule has 7 rings (SSSR count). The third-order valence-corrected chi connectivity index (χ3v) is 9.47. The second-order valence-electron chi connectivity index (χ2n) is 12.2. The Balaban J connectivity index is 1.37. The molecule has 0 aliphatic carbocycles. The molecule has 3 aliphatic heterocycles. The minimum Gasteiger partial charge on any atom is -0.508 e. The lowest BCUT2D eigenvalue weighted by Crippen LogP contribution is -2.53. The number of fused-ring (bicyclic) bond motifs is 3. The molecule has 3 fully saturated rings. The van der Waals surface area contributed by atoms with Gasteiger partial charge in [-0.3, -0.25) is 9.88 Å². The fraction of sp³-hybridized carbons (Fsp3) is 0.382. The zero-order valence-corrected chi connectivity index (χ0v) is 25.3. The zero-order chi connectivity index (χ0) is 32.7. The molecule has 47 heavy (non-hydrogen) atoms. The van der Waals surface area contributed by atoms with E-state index in [-0.39, 0.29) is 48.3 Å². The topological polar surface area (TPSA) is 146 Å². The van der Waals surface area contributed by atoms with Gasteiger partial charge in [-0.15, -0.1) is 0 Å². The highest BCUT2D eigenvalue weighted by atomic mass is 19.1. The molecule has 2 N–H and O–H groups in total. The van der Waals surface area contributed by atoms with E-state index in [1.54, 1.807) is 24.3 Å². The van der Waals surface area contributed by atoms with Crippen molar-refractivity contribution in [2.45, 2.75) is 37.0 Å². The van der Waals surface area contributed by atoms with Crippen LogP contribution < -0.4 is 9.64 Å². The normalized spacial score (nSPS) is 22.5. The number of aromatic hydroxyl groups is 1. The molecule has 4 aromatic rings. The molecule has 13 heteroatoms. The van der Waals surface area contributed by atoms with Gasteiger partial charge in [-0.1, -0.05) is 18.1 Å². The first-order chi connectivity index (χ1) is 22.8. The molecule has 2 aromatic heterocycles. The van der Waals surface area contributed by atoms with E-state index in [4.69, 9.17) is 15.0 Å². The number of aromatic nitrogens is 3. The Morgan fingerprint density at radius 3 is 2.81 bits per heavy atom. The van der Waals surface area contributed by atoms with Crippen molar-refractivity contribution in [1.29, 1.82) is 10.5 Å². The smallest absolute Gasteiger partial charge is 0.319 e. The third-order valence-electron chi connectivity index (χ3n) is 9.47. The summed E-state index contributed by atoms with van der Waals surface area (Å²) in [7, 11) is 0. The minimum absolute atomic E-state index is 0.0779. The Kier molecular flexibility index (Phi) is 7.85. The van der Waals surface area contributed by atoms with E-state index < -0.39 is 23.6 Å². The van der Waals surface area contributed by atoms with Crippen molar-refractivity contribution in [2.24, 2.45) is 0 Å². The van der Waals surface area contributed by atoms with Crippen molar-refractivity contribution >= 4 is 27.5 Å². The van der Waals surface area contributed by atoms with E-state index in [0.717, 1.165) is 19.4 Å². The fourth-order valence-electron chi connectivity index (χ4n) is 7.30. The Morgan fingerprint density at radius 1 is 1.13 bits per heavy atom. The summed E-state index contributed by atoms with van der Waals surface area (Å²) in [6, 6.07) is 9.30. The van der Waals surface area contributed by atoms with Crippen LogP contribution >= 0.6 is 0 Å². The van der Waals surface area contributed by atoms with Crippen LogP contribution in [-0.2, 0) is 0 Å². The predicted molar refractivity (Wildman–Crippen MR) is 168 cm³/mol. The van der Waals surface area contributed by atoms with E-state index in [9.17, 15) is 19.9 Å². The molecular formula is C34H30F2N8O3. The number of nitriles is 2. The monoisotopic (exact) mass is 636 g/mol. The number of aliphatic hydroxyl groups excluding tert-OH is 1. The number of hydrogen-bond acceptors (Lipinski definition) is 11. The van der Waals surface area contributed by atoms with Gasteiger partial charge in [0.05, 0.1) is 23.6 Å². The van der Waals surface area contributed by atoms with Crippen LogP contribution in [0, 0.1) is 40.4 Å². The Bertz CT molecular complexity index is 2040. The first-order valence-corrected chi connectivity index (χ1v) is 15.4. The van der Waals surface area contributed by atoms with Gasteiger partial charge in [0.2, 0.25) is 0 Å². The molecule has 5 heterocycles. The number of anilines is 1. The number of piperazine rings is 1. The molecule has 0 radical (unpaired) electrons. The highest BCUT2D eigenvalue weighted by molar-refractivity contribution is 6.03. The van der Waals surface area contributed by atoms with Crippen LogP contribution in [0.15, 0.2) is 36.5 Å². The van der Waals surface area contributed by atoms with Crippen LogP contribution in [-0.4, -0.2) is 98.7 Å². The van der Waals surface area contributed by atoms with Gasteiger partial charge in [0.15, 0.2) is 18.1 Å². The summed E-state index contributed by atoms with van der Waals surface area (Å²) in [6.07, 6.45) is 4.64. The average molecular weight is 637 g/mol. The molecule has 3 saturated heterocycles. The fourth-order valence-corrected chi connectivity index (χ4v) is 7.30. The van der Waals surface area contributed by atoms with E-state index in [0.29, 0.717) is 53.6 Å².